The molecule has 2 rings (SSSR count). The zero-order chi connectivity index (χ0) is 13.3. The molecule has 0 fully saturated rings. The predicted octanol–water partition coefficient (Wildman–Crippen LogP) is 3.80. The van der Waals surface area contributed by atoms with Crippen LogP contribution in [0.25, 0.3) is 0 Å². The molecule has 0 radical (unpaired) electrons. The second-order valence-electron chi connectivity index (χ2n) is 4.85. The van der Waals surface area contributed by atoms with Gasteiger partial charge in [0.2, 0.25) is 0 Å². The molecule has 1 atom stereocenters. The smallest absolute Gasteiger partial charge is 0.123 e. The number of aryl methyl sites for hydroxylation is 3. The number of hydrogen-bond donors (Lipinski definition) is 1. The second kappa shape index (κ2) is 4.91. The SMILES string of the molecule is Cc1cccc(C(N)c2c(C)cc(F)cc2C)c1. The molecule has 0 aliphatic heterocycles. The van der Waals surface area contributed by atoms with Crippen molar-refractivity contribution in [2.45, 2.75) is 26.8 Å². The Labute approximate surface area is 107 Å². The molecule has 0 aliphatic rings. The van der Waals surface area contributed by atoms with Crippen LogP contribution in [0.5, 0.6) is 0 Å². The van der Waals surface area contributed by atoms with Crippen molar-refractivity contribution >= 4 is 0 Å². The van der Waals surface area contributed by atoms with Crippen LogP contribution in [-0.2, 0) is 0 Å². The predicted molar refractivity (Wildman–Crippen MR) is 73.1 cm³/mol. The number of rotatable bonds is 2. The van der Waals surface area contributed by atoms with Crippen molar-refractivity contribution in [1.82, 2.24) is 0 Å². The Morgan fingerprint density at radius 2 is 1.61 bits per heavy atom. The highest BCUT2D eigenvalue weighted by molar-refractivity contribution is 5.42. The summed E-state index contributed by atoms with van der Waals surface area (Å²) in [4.78, 5) is 0. The van der Waals surface area contributed by atoms with E-state index in [2.05, 4.69) is 6.07 Å². The maximum Gasteiger partial charge on any atom is 0.123 e. The lowest BCUT2D eigenvalue weighted by atomic mass is 9.91. The number of benzene rings is 2. The van der Waals surface area contributed by atoms with E-state index in [0.717, 1.165) is 22.3 Å². The lowest BCUT2D eigenvalue weighted by molar-refractivity contribution is 0.623. The quantitative estimate of drug-likeness (QED) is 0.853. The average molecular weight is 243 g/mol. The van der Waals surface area contributed by atoms with E-state index >= 15 is 0 Å². The molecule has 0 aliphatic carbocycles. The standard InChI is InChI=1S/C16H18FN/c1-10-5-4-6-13(7-10)16(18)15-11(2)8-14(17)9-12(15)3/h4-9,16H,18H2,1-3H3. The third-order valence-electron chi connectivity index (χ3n) is 3.27. The zero-order valence-electron chi connectivity index (χ0n) is 11.0. The molecule has 0 heterocycles. The van der Waals surface area contributed by atoms with E-state index in [0.29, 0.717) is 0 Å². The lowest BCUT2D eigenvalue weighted by Crippen LogP contribution is -2.15. The molecule has 0 spiro atoms. The average Bonchev–Trinajstić information content (AvgIpc) is 2.27. The van der Waals surface area contributed by atoms with Crippen LogP contribution in [0, 0.1) is 26.6 Å². The molecular formula is C16H18FN. The van der Waals surface area contributed by atoms with E-state index in [1.54, 1.807) is 0 Å². The summed E-state index contributed by atoms with van der Waals surface area (Å²) in [6.07, 6.45) is 0. The Bertz CT molecular complexity index is 552. The molecule has 2 aromatic rings. The summed E-state index contributed by atoms with van der Waals surface area (Å²) in [7, 11) is 0. The zero-order valence-corrected chi connectivity index (χ0v) is 11.0. The Balaban J connectivity index is 2.49. The molecule has 2 heteroatoms. The molecule has 0 amide bonds. The van der Waals surface area contributed by atoms with Crippen LogP contribution in [0.4, 0.5) is 4.39 Å². The van der Waals surface area contributed by atoms with Crippen LogP contribution in [-0.4, -0.2) is 0 Å². The van der Waals surface area contributed by atoms with E-state index in [-0.39, 0.29) is 11.9 Å². The molecular weight excluding hydrogens is 225 g/mol. The second-order valence-corrected chi connectivity index (χ2v) is 4.85. The topological polar surface area (TPSA) is 26.0 Å². The third-order valence-corrected chi connectivity index (χ3v) is 3.27. The Morgan fingerprint density at radius 1 is 1.00 bits per heavy atom. The third kappa shape index (κ3) is 2.44. The van der Waals surface area contributed by atoms with Crippen molar-refractivity contribution in [2.75, 3.05) is 0 Å². The molecule has 1 unspecified atom stereocenters. The first kappa shape index (κ1) is 12.8. The fourth-order valence-electron chi connectivity index (χ4n) is 2.44. The monoisotopic (exact) mass is 243 g/mol. The summed E-state index contributed by atoms with van der Waals surface area (Å²) in [5.74, 6) is -0.204. The van der Waals surface area contributed by atoms with Crippen LogP contribution < -0.4 is 5.73 Å². The largest absolute Gasteiger partial charge is 0.320 e. The molecule has 2 N–H and O–H groups in total. The minimum atomic E-state index is -0.204. The summed E-state index contributed by atoms with van der Waals surface area (Å²) < 4.78 is 13.3. The molecule has 2 aromatic carbocycles. The molecule has 0 saturated carbocycles. The number of nitrogens with two attached hydrogens (primary N) is 1. The van der Waals surface area contributed by atoms with E-state index in [1.807, 2.05) is 39.0 Å². The highest BCUT2D eigenvalue weighted by atomic mass is 19.1. The van der Waals surface area contributed by atoms with Crippen molar-refractivity contribution < 1.29 is 4.39 Å². The van der Waals surface area contributed by atoms with Crippen molar-refractivity contribution in [3.05, 3.63) is 70.0 Å². The molecule has 94 valence electrons. The van der Waals surface area contributed by atoms with Gasteiger partial charge < -0.3 is 5.73 Å². The fourth-order valence-corrected chi connectivity index (χ4v) is 2.44. The van der Waals surface area contributed by atoms with E-state index in [1.165, 1.54) is 17.7 Å². The van der Waals surface area contributed by atoms with Gasteiger partial charge >= 0.3 is 0 Å². The van der Waals surface area contributed by atoms with Gasteiger partial charge in [0.1, 0.15) is 5.82 Å². The fraction of sp³-hybridized carbons (Fsp3) is 0.250. The van der Waals surface area contributed by atoms with Crippen LogP contribution >= 0.6 is 0 Å². The summed E-state index contributed by atoms with van der Waals surface area (Å²) >= 11 is 0. The number of halogens is 1. The summed E-state index contributed by atoms with van der Waals surface area (Å²) in [5.41, 5.74) is 11.4. The molecule has 18 heavy (non-hydrogen) atoms. The van der Waals surface area contributed by atoms with Gasteiger partial charge in [0, 0.05) is 0 Å². The van der Waals surface area contributed by atoms with Crippen LogP contribution in [0.15, 0.2) is 36.4 Å². The lowest BCUT2D eigenvalue weighted by Gasteiger charge is -2.18. The summed E-state index contributed by atoms with van der Waals surface area (Å²) in [6, 6.07) is 11.0. The van der Waals surface area contributed by atoms with E-state index in [9.17, 15) is 4.39 Å². The van der Waals surface area contributed by atoms with Crippen LogP contribution in [0.1, 0.15) is 33.9 Å². The van der Waals surface area contributed by atoms with Gasteiger partial charge in [-0.3, -0.25) is 0 Å². The molecule has 0 saturated heterocycles. The van der Waals surface area contributed by atoms with Gasteiger partial charge in [-0.2, -0.15) is 0 Å². The van der Waals surface area contributed by atoms with E-state index < -0.39 is 0 Å². The normalized spacial score (nSPS) is 12.5. The van der Waals surface area contributed by atoms with Gasteiger partial charge in [-0.05, 0) is 55.2 Å². The maximum atomic E-state index is 13.3. The number of hydrogen-bond acceptors (Lipinski definition) is 1. The van der Waals surface area contributed by atoms with Gasteiger partial charge in [0.05, 0.1) is 6.04 Å². The van der Waals surface area contributed by atoms with Crippen LogP contribution in [0.2, 0.25) is 0 Å². The van der Waals surface area contributed by atoms with Gasteiger partial charge in [-0.25, -0.2) is 4.39 Å². The minimum Gasteiger partial charge on any atom is -0.320 e. The summed E-state index contributed by atoms with van der Waals surface area (Å²) in [5, 5.41) is 0. The Kier molecular flexibility index (Phi) is 3.48. The maximum absolute atomic E-state index is 13.3. The van der Waals surface area contributed by atoms with Crippen molar-refractivity contribution in [3.63, 3.8) is 0 Å². The minimum absolute atomic E-state index is 0.203. The van der Waals surface area contributed by atoms with Crippen LogP contribution in [0.3, 0.4) is 0 Å². The molecule has 0 bridgehead atoms. The van der Waals surface area contributed by atoms with Gasteiger partial charge in [0.25, 0.3) is 0 Å². The van der Waals surface area contributed by atoms with Crippen molar-refractivity contribution in [2.24, 2.45) is 5.73 Å². The van der Waals surface area contributed by atoms with Gasteiger partial charge in [-0.15, -0.1) is 0 Å². The van der Waals surface area contributed by atoms with Crippen molar-refractivity contribution in [1.29, 1.82) is 0 Å². The first-order valence-electron chi connectivity index (χ1n) is 6.08. The Hall–Kier alpha value is -1.67. The van der Waals surface area contributed by atoms with Crippen molar-refractivity contribution in [3.8, 4) is 0 Å². The summed E-state index contributed by atoms with van der Waals surface area (Å²) in [6.45, 7) is 5.85. The van der Waals surface area contributed by atoms with Gasteiger partial charge in [-0.1, -0.05) is 29.8 Å². The van der Waals surface area contributed by atoms with E-state index in [4.69, 9.17) is 5.73 Å². The highest BCUT2D eigenvalue weighted by Gasteiger charge is 2.15. The first-order chi connectivity index (χ1) is 8.49. The van der Waals surface area contributed by atoms with Gasteiger partial charge in [0.15, 0.2) is 0 Å². The first-order valence-corrected chi connectivity index (χ1v) is 6.08. The highest BCUT2D eigenvalue weighted by Crippen LogP contribution is 2.27. The Morgan fingerprint density at radius 3 is 2.17 bits per heavy atom. The molecule has 1 nitrogen and oxygen atoms in total. The molecule has 0 aromatic heterocycles.